The Bertz CT molecular complexity index is 1160. The Kier molecular flexibility index (Phi) is 4.54. The van der Waals surface area contributed by atoms with Crippen molar-refractivity contribution in [2.24, 2.45) is 4.99 Å². The smallest absolute Gasteiger partial charge is 0.227 e. The average Bonchev–Trinajstić information content (AvgIpc) is 3.10. The first kappa shape index (κ1) is 17.5. The van der Waals surface area contributed by atoms with E-state index in [9.17, 15) is 5.11 Å². The zero-order valence-corrected chi connectivity index (χ0v) is 16.5. The van der Waals surface area contributed by atoms with Gasteiger partial charge in [0.25, 0.3) is 0 Å². The average molecular weight is 421 g/mol. The number of hydrogen-bond acceptors (Lipinski definition) is 4. The molecule has 4 rings (SSSR count). The van der Waals surface area contributed by atoms with E-state index >= 15 is 0 Å². The minimum atomic E-state index is 0.183. The van der Waals surface area contributed by atoms with Gasteiger partial charge in [0.05, 0.1) is 10.2 Å². The molecule has 0 aliphatic rings. The molecule has 0 radical (unpaired) electrons. The SMILES string of the molecule is Cc1cc(Br)c(O)c(C=Nc2ccc(-c3nc4c(C)cccc4o3)cc2)c1. The van der Waals surface area contributed by atoms with E-state index in [2.05, 4.69) is 25.9 Å². The van der Waals surface area contributed by atoms with Gasteiger partial charge in [-0.3, -0.25) is 4.99 Å². The van der Waals surface area contributed by atoms with Gasteiger partial charge in [0.2, 0.25) is 5.89 Å². The number of aliphatic imine (C=N–C) groups is 1. The molecule has 1 N–H and O–H groups in total. The van der Waals surface area contributed by atoms with Crippen LogP contribution in [0.15, 0.2) is 68.5 Å². The largest absolute Gasteiger partial charge is 0.506 e. The number of rotatable bonds is 3. The van der Waals surface area contributed by atoms with E-state index in [-0.39, 0.29) is 5.75 Å². The maximum absolute atomic E-state index is 10.1. The normalized spacial score (nSPS) is 11.5. The van der Waals surface area contributed by atoms with Crippen molar-refractivity contribution in [3.63, 3.8) is 0 Å². The molecule has 27 heavy (non-hydrogen) atoms. The summed E-state index contributed by atoms with van der Waals surface area (Å²) in [4.78, 5) is 9.05. The summed E-state index contributed by atoms with van der Waals surface area (Å²) in [5, 5.41) is 10.1. The molecule has 0 atom stereocenters. The number of hydrogen-bond donors (Lipinski definition) is 1. The summed E-state index contributed by atoms with van der Waals surface area (Å²) in [5.41, 5.74) is 6.15. The minimum Gasteiger partial charge on any atom is -0.506 e. The van der Waals surface area contributed by atoms with Crippen LogP contribution in [0, 0.1) is 13.8 Å². The van der Waals surface area contributed by atoms with Crippen LogP contribution < -0.4 is 0 Å². The van der Waals surface area contributed by atoms with Crippen LogP contribution in [0.1, 0.15) is 16.7 Å². The third-order valence-electron chi connectivity index (χ3n) is 4.32. The molecule has 0 unspecified atom stereocenters. The third kappa shape index (κ3) is 3.51. The molecule has 4 nitrogen and oxygen atoms in total. The summed E-state index contributed by atoms with van der Waals surface area (Å²) >= 11 is 3.35. The number of aromatic nitrogens is 1. The quantitative estimate of drug-likeness (QED) is 0.393. The van der Waals surface area contributed by atoms with Crippen molar-refractivity contribution in [2.45, 2.75) is 13.8 Å². The van der Waals surface area contributed by atoms with Crippen molar-refractivity contribution in [1.29, 1.82) is 0 Å². The Balaban J connectivity index is 1.61. The van der Waals surface area contributed by atoms with Crippen LogP contribution in [-0.2, 0) is 0 Å². The van der Waals surface area contributed by atoms with Gasteiger partial charge in [-0.05, 0) is 83.4 Å². The fourth-order valence-electron chi connectivity index (χ4n) is 2.90. The molecule has 4 aromatic rings. The van der Waals surface area contributed by atoms with Crippen LogP contribution in [0.4, 0.5) is 5.69 Å². The van der Waals surface area contributed by atoms with Crippen molar-refractivity contribution in [3.05, 3.63) is 75.8 Å². The fourth-order valence-corrected chi connectivity index (χ4v) is 3.49. The maximum Gasteiger partial charge on any atom is 0.227 e. The second-order valence-corrected chi connectivity index (χ2v) is 7.28. The molecule has 0 spiro atoms. The molecule has 0 aliphatic heterocycles. The van der Waals surface area contributed by atoms with Gasteiger partial charge in [-0.1, -0.05) is 12.1 Å². The lowest BCUT2D eigenvalue weighted by Crippen LogP contribution is -1.86. The molecular weight excluding hydrogens is 404 g/mol. The molecule has 0 saturated heterocycles. The van der Waals surface area contributed by atoms with Gasteiger partial charge >= 0.3 is 0 Å². The zero-order chi connectivity index (χ0) is 19.0. The topological polar surface area (TPSA) is 58.6 Å². The zero-order valence-electron chi connectivity index (χ0n) is 14.9. The van der Waals surface area contributed by atoms with Gasteiger partial charge in [-0.25, -0.2) is 4.98 Å². The number of phenolic OH excluding ortho intramolecular Hbond substituents is 1. The van der Waals surface area contributed by atoms with Crippen molar-refractivity contribution in [1.82, 2.24) is 4.98 Å². The lowest BCUT2D eigenvalue weighted by atomic mass is 10.1. The molecule has 1 heterocycles. The van der Waals surface area contributed by atoms with E-state index in [1.165, 1.54) is 0 Å². The molecule has 1 aromatic heterocycles. The molecule has 3 aromatic carbocycles. The number of aromatic hydroxyl groups is 1. The van der Waals surface area contributed by atoms with Crippen molar-refractivity contribution >= 4 is 38.9 Å². The Morgan fingerprint density at radius 2 is 1.85 bits per heavy atom. The molecule has 5 heteroatoms. The molecule has 0 bridgehead atoms. The lowest BCUT2D eigenvalue weighted by molar-refractivity contribution is 0.471. The van der Waals surface area contributed by atoms with Crippen LogP contribution in [0.25, 0.3) is 22.6 Å². The van der Waals surface area contributed by atoms with Crippen LogP contribution >= 0.6 is 15.9 Å². The number of halogens is 1. The third-order valence-corrected chi connectivity index (χ3v) is 4.93. The summed E-state index contributed by atoms with van der Waals surface area (Å²) in [6, 6.07) is 17.3. The highest BCUT2D eigenvalue weighted by Crippen LogP contribution is 2.30. The van der Waals surface area contributed by atoms with Crippen molar-refractivity contribution in [3.8, 4) is 17.2 Å². The van der Waals surface area contributed by atoms with E-state index in [1.807, 2.05) is 68.4 Å². The predicted molar refractivity (Wildman–Crippen MR) is 112 cm³/mol. The summed E-state index contributed by atoms with van der Waals surface area (Å²) in [6.07, 6.45) is 1.66. The number of aryl methyl sites for hydroxylation is 2. The standard InChI is InChI=1S/C22H17BrN2O2/c1-13-10-16(21(26)18(23)11-13)12-24-17-8-6-15(7-9-17)22-25-20-14(2)4-3-5-19(20)27-22/h3-12,26H,1-2H3. The number of nitrogens with zero attached hydrogens (tertiary/aromatic N) is 2. The highest BCUT2D eigenvalue weighted by atomic mass is 79.9. The molecule has 0 fully saturated rings. The summed E-state index contributed by atoms with van der Waals surface area (Å²) in [6.45, 7) is 3.99. The first-order chi connectivity index (χ1) is 13.0. The monoisotopic (exact) mass is 420 g/mol. The van der Waals surface area contributed by atoms with E-state index in [1.54, 1.807) is 6.21 Å². The van der Waals surface area contributed by atoms with Gasteiger partial charge < -0.3 is 9.52 Å². The van der Waals surface area contributed by atoms with E-state index in [0.29, 0.717) is 15.9 Å². The molecule has 0 saturated carbocycles. The van der Waals surface area contributed by atoms with E-state index < -0.39 is 0 Å². The van der Waals surface area contributed by atoms with Gasteiger partial charge in [-0.15, -0.1) is 0 Å². The second-order valence-electron chi connectivity index (χ2n) is 6.43. The first-order valence-electron chi connectivity index (χ1n) is 8.51. The van der Waals surface area contributed by atoms with Gasteiger partial charge in [-0.2, -0.15) is 0 Å². The van der Waals surface area contributed by atoms with Crippen LogP contribution in [0.5, 0.6) is 5.75 Å². The molecule has 0 amide bonds. The van der Waals surface area contributed by atoms with Crippen LogP contribution in [-0.4, -0.2) is 16.3 Å². The maximum atomic E-state index is 10.1. The van der Waals surface area contributed by atoms with E-state index in [0.717, 1.165) is 33.5 Å². The lowest BCUT2D eigenvalue weighted by Gasteiger charge is -2.03. The second kappa shape index (κ2) is 7.00. The summed E-state index contributed by atoms with van der Waals surface area (Å²) in [7, 11) is 0. The Morgan fingerprint density at radius 3 is 2.59 bits per heavy atom. The van der Waals surface area contributed by atoms with Gasteiger partial charge in [0, 0.05) is 17.3 Å². The summed E-state index contributed by atoms with van der Waals surface area (Å²) in [5.74, 6) is 0.776. The van der Waals surface area contributed by atoms with Crippen LogP contribution in [0.3, 0.4) is 0 Å². The Hall–Kier alpha value is -2.92. The number of fused-ring (bicyclic) bond motifs is 1. The Morgan fingerprint density at radius 1 is 1.07 bits per heavy atom. The Labute approximate surface area is 165 Å². The van der Waals surface area contributed by atoms with Crippen LogP contribution in [0.2, 0.25) is 0 Å². The number of benzene rings is 3. The predicted octanol–water partition coefficient (Wildman–Crippen LogP) is 6.33. The molecule has 134 valence electrons. The van der Waals surface area contributed by atoms with Gasteiger partial charge in [0.15, 0.2) is 5.58 Å². The van der Waals surface area contributed by atoms with Crippen molar-refractivity contribution < 1.29 is 9.52 Å². The highest BCUT2D eigenvalue weighted by molar-refractivity contribution is 9.10. The number of para-hydroxylation sites is 1. The fraction of sp³-hybridized carbons (Fsp3) is 0.0909. The summed E-state index contributed by atoms with van der Waals surface area (Å²) < 4.78 is 6.52. The molecule has 0 aliphatic carbocycles. The van der Waals surface area contributed by atoms with Crippen molar-refractivity contribution in [2.75, 3.05) is 0 Å². The number of oxazole rings is 1. The first-order valence-corrected chi connectivity index (χ1v) is 9.30. The minimum absolute atomic E-state index is 0.183. The highest BCUT2D eigenvalue weighted by Gasteiger charge is 2.09. The molecular formula is C22H17BrN2O2. The number of phenols is 1. The van der Waals surface area contributed by atoms with E-state index in [4.69, 9.17) is 4.42 Å². The van der Waals surface area contributed by atoms with Gasteiger partial charge in [0.1, 0.15) is 11.3 Å².